The van der Waals surface area contributed by atoms with Crippen molar-refractivity contribution in [3.8, 4) is 11.8 Å². The number of nitrogens with zero attached hydrogens (tertiary/aromatic N) is 3. The average Bonchev–Trinajstić information content (AvgIpc) is 2.97. The Labute approximate surface area is 153 Å². The van der Waals surface area contributed by atoms with E-state index in [-0.39, 0.29) is 5.91 Å². The van der Waals surface area contributed by atoms with Gasteiger partial charge in [-0.25, -0.2) is 0 Å². The van der Waals surface area contributed by atoms with Gasteiger partial charge in [0.25, 0.3) is 5.91 Å². The maximum Gasteiger partial charge on any atom is 0.264 e. The van der Waals surface area contributed by atoms with E-state index in [9.17, 15) is 10.1 Å². The number of hydrogen-bond donors (Lipinski definition) is 0. The summed E-state index contributed by atoms with van der Waals surface area (Å²) in [6, 6.07) is 17.8. The van der Waals surface area contributed by atoms with Crippen molar-refractivity contribution in [1.82, 2.24) is 4.90 Å². The van der Waals surface area contributed by atoms with Gasteiger partial charge < -0.3 is 14.5 Å². The molecule has 5 heteroatoms. The van der Waals surface area contributed by atoms with E-state index in [4.69, 9.17) is 4.74 Å². The van der Waals surface area contributed by atoms with Crippen molar-refractivity contribution >= 4 is 11.6 Å². The standard InChI is InChI=1S/C21H21N3O2/c22-15-17-7-1-3-8-18(17)23-10-5-11-24(13-12-23)21(25)20-14-16-6-2-4-9-19(16)26-20/h1-4,6-9,20H,5,10-14H2. The first kappa shape index (κ1) is 16.5. The first-order chi connectivity index (χ1) is 12.8. The van der Waals surface area contributed by atoms with Gasteiger partial charge in [-0.1, -0.05) is 30.3 Å². The molecule has 1 atom stereocenters. The Hall–Kier alpha value is -3.00. The van der Waals surface area contributed by atoms with E-state index in [1.54, 1.807) is 0 Å². The third-order valence-electron chi connectivity index (χ3n) is 5.10. The zero-order chi connectivity index (χ0) is 17.9. The Balaban J connectivity index is 1.43. The molecule has 26 heavy (non-hydrogen) atoms. The number of para-hydroxylation sites is 2. The molecule has 5 nitrogen and oxygen atoms in total. The number of ether oxygens (including phenoxy) is 1. The molecule has 2 aliphatic heterocycles. The average molecular weight is 347 g/mol. The van der Waals surface area contributed by atoms with Crippen LogP contribution in [0.5, 0.6) is 5.75 Å². The SMILES string of the molecule is N#Cc1ccccc1N1CCCN(C(=O)C2Cc3ccccc3O2)CC1. The second kappa shape index (κ2) is 7.09. The summed E-state index contributed by atoms with van der Waals surface area (Å²) in [5.74, 6) is 0.891. The molecular formula is C21H21N3O2. The third-order valence-corrected chi connectivity index (χ3v) is 5.10. The first-order valence-electron chi connectivity index (χ1n) is 9.03. The summed E-state index contributed by atoms with van der Waals surface area (Å²) in [6.07, 6.45) is 1.11. The summed E-state index contributed by atoms with van der Waals surface area (Å²) in [4.78, 5) is 17.0. The lowest BCUT2D eigenvalue weighted by Crippen LogP contribution is -2.43. The molecule has 1 amide bonds. The molecule has 0 aliphatic carbocycles. The van der Waals surface area contributed by atoms with E-state index >= 15 is 0 Å². The number of carbonyl (C=O) groups is 1. The van der Waals surface area contributed by atoms with Gasteiger partial charge in [-0.05, 0) is 30.2 Å². The van der Waals surface area contributed by atoms with Gasteiger partial charge in [0, 0.05) is 32.6 Å². The molecule has 0 saturated carbocycles. The second-order valence-electron chi connectivity index (χ2n) is 6.71. The fraction of sp³-hybridized carbons (Fsp3) is 0.333. The van der Waals surface area contributed by atoms with E-state index in [1.165, 1.54) is 0 Å². The van der Waals surface area contributed by atoms with Crippen LogP contribution in [-0.2, 0) is 11.2 Å². The summed E-state index contributed by atoms with van der Waals surface area (Å²) in [7, 11) is 0. The van der Waals surface area contributed by atoms with Crippen LogP contribution in [-0.4, -0.2) is 43.1 Å². The topological polar surface area (TPSA) is 56.6 Å². The van der Waals surface area contributed by atoms with E-state index in [0.717, 1.165) is 43.1 Å². The van der Waals surface area contributed by atoms with Crippen LogP contribution in [0.3, 0.4) is 0 Å². The van der Waals surface area contributed by atoms with Crippen LogP contribution >= 0.6 is 0 Å². The number of amides is 1. The van der Waals surface area contributed by atoms with E-state index < -0.39 is 6.10 Å². The second-order valence-corrected chi connectivity index (χ2v) is 6.71. The molecule has 0 radical (unpaired) electrons. The Morgan fingerprint density at radius 3 is 2.69 bits per heavy atom. The fourth-order valence-electron chi connectivity index (χ4n) is 3.75. The molecule has 2 aromatic carbocycles. The van der Waals surface area contributed by atoms with Crippen molar-refractivity contribution in [1.29, 1.82) is 5.26 Å². The molecule has 0 spiro atoms. The molecule has 0 aromatic heterocycles. The lowest BCUT2D eigenvalue weighted by atomic mass is 10.1. The summed E-state index contributed by atoms with van der Waals surface area (Å²) in [5.41, 5.74) is 2.74. The Morgan fingerprint density at radius 1 is 1.04 bits per heavy atom. The van der Waals surface area contributed by atoms with Gasteiger partial charge in [-0.3, -0.25) is 4.79 Å². The summed E-state index contributed by atoms with van der Waals surface area (Å²) in [5, 5.41) is 9.33. The minimum Gasteiger partial charge on any atom is -0.480 e. The highest BCUT2D eigenvalue weighted by Crippen LogP contribution is 2.29. The number of carbonyl (C=O) groups excluding carboxylic acids is 1. The number of fused-ring (bicyclic) bond motifs is 1. The summed E-state index contributed by atoms with van der Waals surface area (Å²) in [6.45, 7) is 2.94. The highest BCUT2D eigenvalue weighted by Gasteiger charge is 2.33. The minimum atomic E-state index is -0.412. The van der Waals surface area contributed by atoms with Crippen LogP contribution < -0.4 is 9.64 Å². The van der Waals surface area contributed by atoms with Crippen molar-refractivity contribution in [2.45, 2.75) is 18.9 Å². The molecular weight excluding hydrogens is 326 g/mol. The summed E-state index contributed by atoms with van der Waals surface area (Å²) >= 11 is 0. The third kappa shape index (κ3) is 3.11. The normalized spacial score (nSPS) is 19.3. The highest BCUT2D eigenvalue weighted by atomic mass is 16.5. The molecule has 4 rings (SSSR count). The highest BCUT2D eigenvalue weighted by molar-refractivity contribution is 5.82. The first-order valence-corrected chi connectivity index (χ1v) is 9.03. The van der Waals surface area contributed by atoms with Gasteiger partial charge in [-0.2, -0.15) is 5.26 Å². The number of nitriles is 1. The van der Waals surface area contributed by atoms with Gasteiger partial charge in [0.15, 0.2) is 6.10 Å². The van der Waals surface area contributed by atoms with Gasteiger partial charge in [0.05, 0.1) is 11.3 Å². The van der Waals surface area contributed by atoms with Crippen molar-refractivity contribution in [3.05, 3.63) is 59.7 Å². The zero-order valence-corrected chi connectivity index (χ0v) is 14.6. The molecule has 2 aromatic rings. The van der Waals surface area contributed by atoms with Gasteiger partial charge in [0.1, 0.15) is 11.8 Å². The van der Waals surface area contributed by atoms with Gasteiger partial charge in [-0.15, -0.1) is 0 Å². The molecule has 2 aliphatic rings. The summed E-state index contributed by atoms with van der Waals surface area (Å²) < 4.78 is 5.86. The van der Waals surface area contributed by atoms with Crippen LogP contribution in [0.2, 0.25) is 0 Å². The molecule has 2 heterocycles. The molecule has 132 valence electrons. The lowest BCUT2D eigenvalue weighted by molar-refractivity contribution is -0.137. The fourth-order valence-corrected chi connectivity index (χ4v) is 3.75. The Kier molecular flexibility index (Phi) is 4.49. The Bertz CT molecular complexity index is 833. The smallest absolute Gasteiger partial charge is 0.264 e. The maximum atomic E-state index is 12.9. The monoisotopic (exact) mass is 347 g/mol. The largest absolute Gasteiger partial charge is 0.480 e. The van der Waals surface area contributed by atoms with Crippen molar-refractivity contribution < 1.29 is 9.53 Å². The van der Waals surface area contributed by atoms with E-state index in [1.807, 2.05) is 53.4 Å². The maximum absolute atomic E-state index is 12.9. The number of hydrogen-bond acceptors (Lipinski definition) is 4. The van der Waals surface area contributed by atoms with Crippen molar-refractivity contribution in [2.75, 3.05) is 31.1 Å². The predicted molar refractivity (Wildman–Crippen MR) is 99.1 cm³/mol. The number of benzene rings is 2. The minimum absolute atomic E-state index is 0.0663. The van der Waals surface area contributed by atoms with Crippen LogP contribution in [0, 0.1) is 11.3 Å². The number of rotatable bonds is 2. The van der Waals surface area contributed by atoms with Crippen LogP contribution in [0.25, 0.3) is 0 Å². The van der Waals surface area contributed by atoms with E-state index in [2.05, 4.69) is 11.0 Å². The van der Waals surface area contributed by atoms with Crippen LogP contribution in [0.15, 0.2) is 48.5 Å². The van der Waals surface area contributed by atoms with Crippen LogP contribution in [0.1, 0.15) is 17.5 Å². The molecule has 1 unspecified atom stereocenters. The quantitative estimate of drug-likeness (QED) is 0.838. The van der Waals surface area contributed by atoms with Gasteiger partial charge >= 0.3 is 0 Å². The van der Waals surface area contributed by atoms with Gasteiger partial charge in [0.2, 0.25) is 0 Å². The predicted octanol–water partition coefficient (Wildman–Crippen LogP) is 2.60. The van der Waals surface area contributed by atoms with Crippen molar-refractivity contribution in [2.24, 2.45) is 0 Å². The van der Waals surface area contributed by atoms with Crippen LogP contribution in [0.4, 0.5) is 5.69 Å². The molecule has 1 saturated heterocycles. The molecule has 0 N–H and O–H groups in total. The molecule has 1 fully saturated rings. The van der Waals surface area contributed by atoms with E-state index in [0.29, 0.717) is 18.5 Å². The van der Waals surface area contributed by atoms with Crippen molar-refractivity contribution in [3.63, 3.8) is 0 Å². The lowest BCUT2D eigenvalue weighted by Gasteiger charge is -2.25. The zero-order valence-electron chi connectivity index (χ0n) is 14.6. The Morgan fingerprint density at radius 2 is 1.85 bits per heavy atom. The number of anilines is 1. The molecule has 0 bridgehead atoms.